The van der Waals surface area contributed by atoms with Crippen molar-refractivity contribution in [2.24, 2.45) is 0 Å². The second-order valence-corrected chi connectivity index (χ2v) is 7.42. The van der Waals surface area contributed by atoms with E-state index < -0.39 is 0 Å². The SMILES string of the molecule is COc1ccc(N2CCC(NC(=O)c3cc(OC)c(Br)c(OC)c3)CC2)cc1. The van der Waals surface area contributed by atoms with Crippen LogP contribution in [-0.2, 0) is 0 Å². The first-order valence-corrected chi connectivity index (χ1v) is 9.96. The summed E-state index contributed by atoms with van der Waals surface area (Å²) in [7, 11) is 4.80. The van der Waals surface area contributed by atoms with Gasteiger partial charge in [0.1, 0.15) is 21.7 Å². The zero-order valence-electron chi connectivity index (χ0n) is 16.3. The van der Waals surface area contributed by atoms with Crippen LogP contribution in [0.4, 0.5) is 5.69 Å². The molecule has 0 spiro atoms. The summed E-state index contributed by atoms with van der Waals surface area (Å²) in [6.45, 7) is 1.79. The molecule has 1 amide bonds. The zero-order chi connectivity index (χ0) is 20.1. The molecule has 0 atom stereocenters. The molecule has 7 heteroatoms. The number of methoxy groups -OCH3 is 3. The lowest BCUT2D eigenvalue weighted by Crippen LogP contribution is -2.44. The number of rotatable bonds is 6. The highest BCUT2D eigenvalue weighted by Gasteiger charge is 2.22. The lowest BCUT2D eigenvalue weighted by molar-refractivity contribution is 0.0930. The van der Waals surface area contributed by atoms with Gasteiger partial charge < -0.3 is 24.4 Å². The third-order valence-corrected chi connectivity index (χ3v) is 5.76. The van der Waals surface area contributed by atoms with E-state index in [1.165, 1.54) is 5.69 Å². The molecule has 0 saturated carbocycles. The molecule has 1 aliphatic heterocycles. The van der Waals surface area contributed by atoms with Gasteiger partial charge in [-0.3, -0.25) is 4.79 Å². The quantitative estimate of drug-likeness (QED) is 0.726. The monoisotopic (exact) mass is 448 g/mol. The Bertz CT molecular complexity index is 793. The molecular formula is C21H25BrN2O4. The van der Waals surface area contributed by atoms with Gasteiger partial charge in [-0.25, -0.2) is 0 Å². The number of nitrogens with zero attached hydrogens (tertiary/aromatic N) is 1. The van der Waals surface area contributed by atoms with Gasteiger partial charge in [0.2, 0.25) is 0 Å². The first kappa shape index (κ1) is 20.3. The van der Waals surface area contributed by atoms with Crippen molar-refractivity contribution in [3.63, 3.8) is 0 Å². The van der Waals surface area contributed by atoms with Crippen LogP contribution in [0.25, 0.3) is 0 Å². The van der Waals surface area contributed by atoms with Crippen molar-refractivity contribution in [3.05, 3.63) is 46.4 Å². The number of piperidine rings is 1. The molecule has 28 heavy (non-hydrogen) atoms. The first-order valence-electron chi connectivity index (χ1n) is 9.17. The highest BCUT2D eigenvalue weighted by Crippen LogP contribution is 2.35. The van der Waals surface area contributed by atoms with E-state index in [0.717, 1.165) is 31.7 Å². The Balaban J connectivity index is 1.60. The molecule has 2 aromatic carbocycles. The average molecular weight is 449 g/mol. The maximum atomic E-state index is 12.7. The minimum Gasteiger partial charge on any atom is -0.497 e. The molecule has 150 valence electrons. The van der Waals surface area contributed by atoms with Gasteiger partial charge in [0.05, 0.1) is 21.3 Å². The number of benzene rings is 2. The van der Waals surface area contributed by atoms with Crippen molar-refractivity contribution < 1.29 is 19.0 Å². The van der Waals surface area contributed by atoms with Crippen LogP contribution in [0.15, 0.2) is 40.9 Å². The Morgan fingerprint density at radius 2 is 1.57 bits per heavy atom. The highest BCUT2D eigenvalue weighted by atomic mass is 79.9. The standard InChI is InChI=1S/C21H25BrN2O4/c1-26-17-6-4-16(5-7-17)24-10-8-15(9-11-24)23-21(25)14-12-18(27-2)20(22)19(13-14)28-3/h4-7,12-13,15H,8-11H2,1-3H3,(H,23,25). The highest BCUT2D eigenvalue weighted by molar-refractivity contribution is 9.10. The second kappa shape index (κ2) is 9.19. The van der Waals surface area contributed by atoms with Crippen molar-refractivity contribution in [1.82, 2.24) is 5.32 Å². The molecule has 3 rings (SSSR count). The fraction of sp³-hybridized carbons (Fsp3) is 0.381. The predicted octanol–water partition coefficient (Wildman–Crippen LogP) is 3.87. The van der Waals surface area contributed by atoms with Gasteiger partial charge in [-0.15, -0.1) is 0 Å². The number of anilines is 1. The summed E-state index contributed by atoms with van der Waals surface area (Å²) >= 11 is 3.43. The summed E-state index contributed by atoms with van der Waals surface area (Å²) in [4.78, 5) is 15.0. The molecule has 0 aromatic heterocycles. The van der Waals surface area contributed by atoms with Gasteiger partial charge in [-0.1, -0.05) is 0 Å². The number of halogens is 1. The van der Waals surface area contributed by atoms with Crippen LogP contribution >= 0.6 is 15.9 Å². The second-order valence-electron chi connectivity index (χ2n) is 6.63. The Hall–Kier alpha value is -2.41. The lowest BCUT2D eigenvalue weighted by atomic mass is 10.0. The van der Waals surface area contributed by atoms with Crippen molar-refractivity contribution in [2.45, 2.75) is 18.9 Å². The van der Waals surface area contributed by atoms with Crippen LogP contribution in [0.5, 0.6) is 17.2 Å². The number of carbonyl (C=O) groups excluding carboxylic acids is 1. The fourth-order valence-electron chi connectivity index (χ4n) is 3.34. The Morgan fingerprint density at radius 1 is 1.00 bits per heavy atom. The third kappa shape index (κ3) is 4.52. The lowest BCUT2D eigenvalue weighted by Gasteiger charge is -2.34. The number of nitrogens with one attached hydrogen (secondary N) is 1. The van der Waals surface area contributed by atoms with E-state index in [1.807, 2.05) is 12.1 Å². The molecular weight excluding hydrogens is 424 g/mol. The van der Waals surface area contributed by atoms with Crippen molar-refractivity contribution in [3.8, 4) is 17.2 Å². The molecule has 0 unspecified atom stereocenters. The van der Waals surface area contributed by atoms with E-state index in [1.54, 1.807) is 33.5 Å². The summed E-state index contributed by atoms with van der Waals surface area (Å²) in [5.41, 5.74) is 1.70. The van der Waals surface area contributed by atoms with Gasteiger partial charge in [-0.05, 0) is 65.2 Å². The summed E-state index contributed by atoms with van der Waals surface area (Å²) in [5, 5.41) is 3.14. The molecule has 0 bridgehead atoms. The van der Waals surface area contributed by atoms with E-state index >= 15 is 0 Å². The molecule has 1 heterocycles. The molecule has 0 radical (unpaired) electrons. The van der Waals surface area contributed by atoms with Crippen molar-refractivity contribution >= 4 is 27.5 Å². The van der Waals surface area contributed by atoms with E-state index in [-0.39, 0.29) is 11.9 Å². The summed E-state index contributed by atoms with van der Waals surface area (Å²) < 4.78 is 16.6. The summed E-state index contributed by atoms with van der Waals surface area (Å²) in [6.07, 6.45) is 1.78. The Labute approximate surface area is 173 Å². The summed E-state index contributed by atoms with van der Waals surface area (Å²) in [6, 6.07) is 11.6. The van der Waals surface area contributed by atoms with Crippen LogP contribution in [0, 0.1) is 0 Å². The van der Waals surface area contributed by atoms with Gasteiger partial charge in [0.25, 0.3) is 5.91 Å². The van der Waals surface area contributed by atoms with Crippen LogP contribution in [0.2, 0.25) is 0 Å². The Kier molecular flexibility index (Phi) is 6.67. The van der Waals surface area contributed by atoms with Gasteiger partial charge in [-0.2, -0.15) is 0 Å². The van der Waals surface area contributed by atoms with Crippen LogP contribution < -0.4 is 24.4 Å². The largest absolute Gasteiger partial charge is 0.497 e. The minimum atomic E-state index is -0.119. The fourth-order valence-corrected chi connectivity index (χ4v) is 3.90. The molecule has 1 saturated heterocycles. The van der Waals surface area contributed by atoms with Crippen LogP contribution in [0.3, 0.4) is 0 Å². The van der Waals surface area contributed by atoms with E-state index in [0.29, 0.717) is 21.5 Å². The van der Waals surface area contributed by atoms with Gasteiger partial charge in [0, 0.05) is 30.4 Å². The van der Waals surface area contributed by atoms with Crippen molar-refractivity contribution in [2.75, 3.05) is 39.3 Å². The molecule has 1 aliphatic rings. The topological polar surface area (TPSA) is 60.0 Å². The first-order chi connectivity index (χ1) is 13.5. The van der Waals surface area contributed by atoms with Crippen LogP contribution in [-0.4, -0.2) is 46.4 Å². The molecule has 1 N–H and O–H groups in total. The number of ether oxygens (including phenoxy) is 3. The van der Waals surface area contributed by atoms with Gasteiger partial charge in [0.15, 0.2) is 0 Å². The normalized spacial score (nSPS) is 14.5. The average Bonchev–Trinajstić information content (AvgIpc) is 2.74. The predicted molar refractivity (Wildman–Crippen MR) is 113 cm³/mol. The zero-order valence-corrected chi connectivity index (χ0v) is 17.9. The number of amides is 1. The third-order valence-electron chi connectivity index (χ3n) is 4.98. The van der Waals surface area contributed by atoms with E-state index in [2.05, 4.69) is 38.3 Å². The maximum Gasteiger partial charge on any atom is 0.251 e. The Morgan fingerprint density at radius 3 is 2.07 bits per heavy atom. The van der Waals surface area contributed by atoms with E-state index in [9.17, 15) is 4.79 Å². The number of hydrogen-bond donors (Lipinski definition) is 1. The number of carbonyl (C=O) groups is 1. The summed E-state index contributed by atoms with van der Waals surface area (Å²) in [5.74, 6) is 1.87. The van der Waals surface area contributed by atoms with Gasteiger partial charge >= 0.3 is 0 Å². The van der Waals surface area contributed by atoms with Crippen LogP contribution in [0.1, 0.15) is 23.2 Å². The van der Waals surface area contributed by atoms with Crippen molar-refractivity contribution in [1.29, 1.82) is 0 Å². The molecule has 0 aliphatic carbocycles. The number of hydrogen-bond acceptors (Lipinski definition) is 5. The molecule has 6 nitrogen and oxygen atoms in total. The maximum absolute atomic E-state index is 12.7. The smallest absolute Gasteiger partial charge is 0.251 e. The molecule has 1 fully saturated rings. The minimum absolute atomic E-state index is 0.119. The van der Waals surface area contributed by atoms with E-state index in [4.69, 9.17) is 14.2 Å². The molecule has 2 aromatic rings.